The molecular weight excluding hydrogens is 254 g/mol. The Kier molecular flexibility index (Phi) is 3.91. The lowest BCUT2D eigenvalue weighted by Gasteiger charge is -1.99. The zero-order chi connectivity index (χ0) is 13.0. The van der Waals surface area contributed by atoms with Crippen molar-refractivity contribution in [3.8, 4) is 10.9 Å². The monoisotopic (exact) mass is 265 g/mol. The molecule has 0 radical (unpaired) electrons. The highest BCUT2D eigenvalue weighted by Crippen LogP contribution is 2.29. The molecule has 2 aromatic rings. The molecule has 1 heterocycles. The summed E-state index contributed by atoms with van der Waals surface area (Å²) >= 11 is 0.990. The molecule has 2 rings (SSSR count). The molecule has 0 unspecified atom stereocenters. The van der Waals surface area contributed by atoms with Gasteiger partial charge in [-0.1, -0.05) is 29.5 Å². The van der Waals surface area contributed by atoms with Crippen molar-refractivity contribution in [1.29, 1.82) is 0 Å². The van der Waals surface area contributed by atoms with Crippen molar-refractivity contribution in [3.63, 3.8) is 0 Å². The van der Waals surface area contributed by atoms with Crippen molar-refractivity contribution in [1.82, 2.24) is 4.98 Å². The summed E-state index contributed by atoms with van der Waals surface area (Å²) in [7, 11) is 1.49. The lowest BCUT2D eigenvalue weighted by atomic mass is 10.3. The molecule has 0 aliphatic carbocycles. The van der Waals surface area contributed by atoms with Gasteiger partial charge in [0.05, 0.1) is 12.3 Å². The quantitative estimate of drug-likeness (QED) is 0.900. The number of para-hydroxylation sites is 1. The van der Waals surface area contributed by atoms with Crippen LogP contribution in [0.25, 0.3) is 0 Å². The fourth-order valence-electron chi connectivity index (χ4n) is 1.36. The van der Waals surface area contributed by atoms with E-state index < -0.39 is 5.97 Å². The van der Waals surface area contributed by atoms with Gasteiger partial charge in [-0.25, -0.2) is 9.78 Å². The Morgan fingerprint density at radius 2 is 2.11 bits per heavy atom. The molecule has 0 saturated carbocycles. The van der Waals surface area contributed by atoms with Gasteiger partial charge in [-0.3, -0.25) is 0 Å². The van der Waals surface area contributed by atoms with Crippen molar-refractivity contribution in [3.05, 3.63) is 40.9 Å². The van der Waals surface area contributed by atoms with Gasteiger partial charge in [0.15, 0.2) is 0 Å². The highest BCUT2D eigenvalue weighted by atomic mass is 32.1. The molecule has 94 valence electrons. The van der Waals surface area contributed by atoms with Crippen molar-refractivity contribution in [2.45, 2.75) is 6.61 Å². The van der Waals surface area contributed by atoms with E-state index in [9.17, 15) is 4.79 Å². The maximum Gasteiger partial charge on any atom is 0.348 e. The predicted octanol–water partition coefficient (Wildman–Crippen LogP) is 2.78. The number of nitrogens with zero attached hydrogens (tertiary/aromatic N) is 1. The predicted molar refractivity (Wildman–Crippen MR) is 66.3 cm³/mol. The Morgan fingerprint density at radius 1 is 1.39 bits per heavy atom. The molecule has 1 N–H and O–H groups in total. The lowest BCUT2D eigenvalue weighted by molar-refractivity contribution is 0.0697. The molecule has 0 aliphatic rings. The van der Waals surface area contributed by atoms with E-state index in [1.54, 1.807) is 12.1 Å². The second-order valence-corrected chi connectivity index (χ2v) is 4.37. The SMILES string of the molecule is COCc1nc(Oc2ccccc2)sc1C(=O)O. The summed E-state index contributed by atoms with van der Waals surface area (Å²) in [6.07, 6.45) is 0. The average molecular weight is 265 g/mol. The van der Waals surface area contributed by atoms with Crippen LogP contribution in [0.2, 0.25) is 0 Å². The molecular formula is C12H11NO4S. The Morgan fingerprint density at radius 3 is 2.72 bits per heavy atom. The molecule has 6 heteroatoms. The van der Waals surface area contributed by atoms with E-state index in [0.29, 0.717) is 16.6 Å². The highest BCUT2D eigenvalue weighted by molar-refractivity contribution is 7.15. The van der Waals surface area contributed by atoms with Crippen molar-refractivity contribution in [2.24, 2.45) is 0 Å². The molecule has 0 fully saturated rings. The van der Waals surface area contributed by atoms with E-state index in [1.165, 1.54) is 7.11 Å². The zero-order valence-corrected chi connectivity index (χ0v) is 10.4. The molecule has 0 atom stereocenters. The summed E-state index contributed by atoms with van der Waals surface area (Å²) in [4.78, 5) is 15.3. The minimum atomic E-state index is -1.03. The van der Waals surface area contributed by atoms with Crippen LogP contribution >= 0.6 is 11.3 Å². The number of carboxylic acid groups (broad SMARTS) is 1. The summed E-state index contributed by atoms with van der Waals surface area (Å²) in [5, 5.41) is 9.33. The van der Waals surface area contributed by atoms with Crippen LogP contribution in [-0.4, -0.2) is 23.2 Å². The number of hydrogen-bond acceptors (Lipinski definition) is 5. The smallest absolute Gasteiger partial charge is 0.348 e. The van der Waals surface area contributed by atoms with E-state index in [0.717, 1.165) is 11.3 Å². The van der Waals surface area contributed by atoms with E-state index in [4.69, 9.17) is 14.6 Å². The lowest BCUT2D eigenvalue weighted by Crippen LogP contribution is -1.99. The Balaban J connectivity index is 2.24. The molecule has 1 aromatic heterocycles. The van der Waals surface area contributed by atoms with Crippen LogP contribution in [0.1, 0.15) is 15.4 Å². The normalized spacial score (nSPS) is 10.3. The number of methoxy groups -OCH3 is 1. The average Bonchev–Trinajstić information content (AvgIpc) is 2.74. The fraction of sp³-hybridized carbons (Fsp3) is 0.167. The third-order valence-electron chi connectivity index (χ3n) is 2.10. The van der Waals surface area contributed by atoms with E-state index in [1.807, 2.05) is 18.2 Å². The van der Waals surface area contributed by atoms with Crippen molar-refractivity contribution < 1.29 is 19.4 Å². The van der Waals surface area contributed by atoms with Crippen molar-refractivity contribution in [2.75, 3.05) is 7.11 Å². The van der Waals surface area contributed by atoms with Gasteiger partial charge in [-0.2, -0.15) is 0 Å². The molecule has 5 nitrogen and oxygen atoms in total. The van der Waals surface area contributed by atoms with Crippen LogP contribution in [0.15, 0.2) is 30.3 Å². The molecule has 1 aromatic carbocycles. The van der Waals surface area contributed by atoms with Gasteiger partial charge in [0.1, 0.15) is 10.6 Å². The van der Waals surface area contributed by atoms with Gasteiger partial charge in [-0.15, -0.1) is 0 Å². The van der Waals surface area contributed by atoms with Crippen LogP contribution in [0.4, 0.5) is 0 Å². The summed E-state index contributed by atoms with van der Waals surface area (Å²) in [6, 6.07) is 9.08. The van der Waals surface area contributed by atoms with Gasteiger partial charge in [0.25, 0.3) is 5.19 Å². The number of benzene rings is 1. The number of aromatic carboxylic acids is 1. The summed E-state index contributed by atoms with van der Waals surface area (Å²) in [6.45, 7) is 0.149. The Bertz CT molecular complexity index is 538. The van der Waals surface area contributed by atoms with Gasteiger partial charge < -0.3 is 14.6 Å². The molecule has 0 spiro atoms. The Labute approximate surface area is 108 Å². The first-order valence-corrected chi connectivity index (χ1v) is 5.97. The minimum Gasteiger partial charge on any atom is -0.477 e. The van der Waals surface area contributed by atoms with Gasteiger partial charge in [-0.05, 0) is 12.1 Å². The van der Waals surface area contributed by atoms with E-state index in [-0.39, 0.29) is 11.5 Å². The topological polar surface area (TPSA) is 68.7 Å². The molecule has 0 bridgehead atoms. The van der Waals surface area contributed by atoms with E-state index in [2.05, 4.69) is 4.98 Å². The molecule has 0 aliphatic heterocycles. The first kappa shape index (κ1) is 12.5. The second-order valence-electron chi connectivity index (χ2n) is 3.41. The molecule has 0 amide bonds. The van der Waals surface area contributed by atoms with Gasteiger partial charge in [0, 0.05) is 7.11 Å². The number of rotatable bonds is 5. The minimum absolute atomic E-state index is 0.141. The number of aromatic nitrogens is 1. The summed E-state index contributed by atoms with van der Waals surface area (Å²) in [5.41, 5.74) is 0.376. The Hall–Kier alpha value is -1.92. The van der Waals surface area contributed by atoms with Gasteiger partial charge >= 0.3 is 5.97 Å². The van der Waals surface area contributed by atoms with Crippen LogP contribution < -0.4 is 4.74 Å². The molecule has 18 heavy (non-hydrogen) atoms. The number of thiazole rings is 1. The number of ether oxygens (including phenoxy) is 2. The summed E-state index contributed by atoms with van der Waals surface area (Å²) in [5.74, 6) is -0.408. The molecule has 0 saturated heterocycles. The maximum absolute atomic E-state index is 11.0. The van der Waals surface area contributed by atoms with Crippen LogP contribution in [0.3, 0.4) is 0 Å². The fourth-order valence-corrected chi connectivity index (χ4v) is 2.14. The number of carbonyl (C=O) groups is 1. The third kappa shape index (κ3) is 2.85. The second kappa shape index (κ2) is 5.61. The van der Waals surface area contributed by atoms with Crippen LogP contribution in [0, 0.1) is 0 Å². The standard InChI is InChI=1S/C12H11NO4S/c1-16-7-9-10(11(14)15)18-12(13-9)17-8-5-3-2-4-6-8/h2-6H,7H2,1H3,(H,14,15). The van der Waals surface area contributed by atoms with Crippen LogP contribution in [-0.2, 0) is 11.3 Å². The third-order valence-corrected chi connectivity index (χ3v) is 3.06. The first-order valence-electron chi connectivity index (χ1n) is 5.15. The zero-order valence-electron chi connectivity index (χ0n) is 9.62. The number of hydrogen-bond donors (Lipinski definition) is 1. The van der Waals surface area contributed by atoms with Crippen LogP contribution in [0.5, 0.6) is 10.9 Å². The van der Waals surface area contributed by atoms with Crippen molar-refractivity contribution >= 4 is 17.3 Å². The highest BCUT2D eigenvalue weighted by Gasteiger charge is 2.18. The van der Waals surface area contributed by atoms with Gasteiger partial charge in [0.2, 0.25) is 0 Å². The largest absolute Gasteiger partial charge is 0.477 e. The maximum atomic E-state index is 11.0. The summed E-state index contributed by atoms with van der Waals surface area (Å²) < 4.78 is 10.4. The van der Waals surface area contributed by atoms with E-state index >= 15 is 0 Å². The number of carboxylic acids is 1. The first-order chi connectivity index (χ1) is 8.70.